The molecule has 0 bridgehead atoms. The molecule has 0 aliphatic rings. The highest BCUT2D eigenvalue weighted by molar-refractivity contribution is 5.69. The fourth-order valence-corrected chi connectivity index (χ4v) is 7.42. The molecule has 0 aliphatic heterocycles. The monoisotopic (exact) mass is 875 g/mol. The second-order valence-corrected chi connectivity index (χ2v) is 17.6. The Hall–Kier alpha value is -2.69. The molecule has 0 fully saturated rings. The number of ether oxygens (including phenoxy) is 2. The Labute approximate surface area is 392 Å². The number of unbranched alkanes of at least 4 members (excludes halogenated alkanes) is 25. The second kappa shape index (κ2) is 55.4. The number of carbonyl (C=O) groups is 1. The van der Waals surface area contributed by atoms with Crippen molar-refractivity contribution in [2.24, 2.45) is 0 Å². The van der Waals surface area contributed by atoms with Gasteiger partial charge in [0.2, 0.25) is 0 Å². The average molecular weight is 875 g/mol. The molecule has 1 N–H and O–H groups in total. The number of carbonyl (C=O) groups excluding carboxylic acids is 1. The summed E-state index contributed by atoms with van der Waals surface area (Å²) in [6, 6.07) is 0. The van der Waals surface area contributed by atoms with Gasteiger partial charge >= 0.3 is 5.97 Å². The molecular formula is C59H102O4. The summed E-state index contributed by atoms with van der Waals surface area (Å²) in [5.41, 5.74) is 0. The van der Waals surface area contributed by atoms with Crippen molar-refractivity contribution < 1.29 is 19.4 Å². The molecule has 1 atom stereocenters. The molecule has 0 aromatic rings. The van der Waals surface area contributed by atoms with E-state index in [1.54, 1.807) is 0 Å². The van der Waals surface area contributed by atoms with E-state index in [0.29, 0.717) is 13.0 Å². The van der Waals surface area contributed by atoms with Crippen LogP contribution in [-0.4, -0.2) is 37.0 Å². The molecule has 0 radical (unpaired) electrons. The molecule has 4 heteroatoms. The Morgan fingerprint density at radius 1 is 0.397 bits per heavy atom. The largest absolute Gasteiger partial charge is 0.457 e. The minimum absolute atomic E-state index is 0.187. The van der Waals surface area contributed by atoms with Crippen LogP contribution in [0.15, 0.2) is 97.2 Å². The SMILES string of the molecule is CC/C=C\C/C=C\C/C=C\C/C=C\C/C=C\C/C=C\C/C=C\CCCCCCOCC(CO)OC(=O)CCCCCCCCCCCCCCC/C=C\CCCCCCCCCC. The Morgan fingerprint density at radius 3 is 1.10 bits per heavy atom. The van der Waals surface area contributed by atoms with Gasteiger partial charge in [0.25, 0.3) is 0 Å². The van der Waals surface area contributed by atoms with Gasteiger partial charge in [0.1, 0.15) is 6.10 Å². The molecule has 362 valence electrons. The minimum atomic E-state index is -0.555. The van der Waals surface area contributed by atoms with E-state index >= 15 is 0 Å². The number of rotatable bonds is 49. The van der Waals surface area contributed by atoms with Gasteiger partial charge in [0.15, 0.2) is 0 Å². The quantitative estimate of drug-likeness (QED) is 0.0376. The van der Waals surface area contributed by atoms with E-state index in [2.05, 4.69) is 111 Å². The maximum atomic E-state index is 12.3. The maximum absolute atomic E-state index is 12.3. The first kappa shape index (κ1) is 60.3. The summed E-state index contributed by atoms with van der Waals surface area (Å²) in [6.07, 6.45) is 79.4. The lowest BCUT2D eigenvalue weighted by molar-refractivity contribution is -0.154. The van der Waals surface area contributed by atoms with Gasteiger partial charge in [0, 0.05) is 13.0 Å². The first-order valence-corrected chi connectivity index (χ1v) is 26.8. The minimum Gasteiger partial charge on any atom is -0.457 e. The Balaban J connectivity index is 3.49. The summed E-state index contributed by atoms with van der Waals surface area (Å²) in [4.78, 5) is 12.3. The van der Waals surface area contributed by atoms with Crippen molar-refractivity contribution in [1.29, 1.82) is 0 Å². The lowest BCUT2D eigenvalue weighted by Crippen LogP contribution is -2.27. The van der Waals surface area contributed by atoms with Gasteiger partial charge < -0.3 is 14.6 Å². The first-order chi connectivity index (χ1) is 31.2. The van der Waals surface area contributed by atoms with Crippen molar-refractivity contribution in [3.63, 3.8) is 0 Å². The normalized spacial score (nSPS) is 13.1. The smallest absolute Gasteiger partial charge is 0.306 e. The molecule has 0 aromatic carbocycles. The number of aliphatic hydroxyl groups excluding tert-OH is 1. The second-order valence-electron chi connectivity index (χ2n) is 17.6. The number of hydrogen-bond donors (Lipinski definition) is 1. The van der Waals surface area contributed by atoms with Gasteiger partial charge in [-0.1, -0.05) is 239 Å². The van der Waals surface area contributed by atoms with E-state index in [4.69, 9.17) is 9.47 Å². The molecule has 0 amide bonds. The van der Waals surface area contributed by atoms with Crippen molar-refractivity contribution in [2.75, 3.05) is 19.8 Å². The highest BCUT2D eigenvalue weighted by Crippen LogP contribution is 2.15. The van der Waals surface area contributed by atoms with E-state index in [0.717, 1.165) is 77.0 Å². The molecule has 0 saturated heterocycles. The Bertz CT molecular complexity index is 1150. The van der Waals surface area contributed by atoms with Gasteiger partial charge in [-0.3, -0.25) is 4.79 Å². The predicted molar refractivity (Wildman–Crippen MR) is 278 cm³/mol. The van der Waals surface area contributed by atoms with Crippen molar-refractivity contribution in [3.8, 4) is 0 Å². The van der Waals surface area contributed by atoms with Crippen LogP contribution in [-0.2, 0) is 14.3 Å². The Kier molecular flexibility index (Phi) is 53.1. The van der Waals surface area contributed by atoms with Crippen LogP contribution >= 0.6 is 0 Å². The van der Waals surface area contributed by atoms with Crippen LogP contribution in [0.4, 0.5) is 0 Å². The molecule has 1 unspecified atom stereocenters. The number of esters is 1. The van der Waals surface area contributed by atoms with E-state index in [1.807, 2.05) is 0 Å². The van der Waals surface area contributed by atoms with Crippen molar-refractivity contribution >= 4 is 5.97 Å². The van der Waals surface area contributed by atoms with E-state index in [-0.39, 0.29) is 19.2 Å². The fraction of sp³-hybridized carbons (Fsp3) is 0.712. The molecular weight excluding hydrogens is 773 g/mol. The summed E-state index contributed by atoms with van der Waals surface area (Å²) < 4.78 is 11.2. The number of allylic oxidation sites excluding steroid dienone is 16. The van der Waals surface area contributed by atoms with Crippen LogP contribution in [0.3, 0.4) is 0 Å². The van der Waals surface area contributed by atoms with Gasteiger partial charge in [-0.15, -0.1) is 0 Å². The molecule has 4 nitrogen and oxygen atoms in total. The fourth-order valence-electron chi connectivity index (χ4n) is 7.42. The molecule has 0 saturated carbocycles. The van der Waals surface area contributed by atoms with Crippen LogP contribution in [0.1, 0.15) is 245 Å². The van der Waals surface area contributed by atoms with E-state index in [9.17, 15) is 9.90 Å². The van der Waals surface area contributed by atoms with Crippen molar-refractivity contribution in [2.45, 2.75) is 251 Å². The first-order valence-electron chi connectivity index (χ1n) is 26.8. The van der Waals surface area contributed by atoms with E-state index < -0.39 is 6.10 Å². The molecule has 0 aromatic heterocycles. The van der Waals surface area contributed by atoms with Gasteiger partial charge in [-0.2, -0.15) is 0 Å². The molecule has 0 heterocycles. The Morgan fingerprint density at radius 2 is 0.714 bits per heavy atom. The summed E-state index contributed by atoms with van der Waals surface area (Å²) in [5, 5.41) is 9.66. The third kappa shape index (κ3) is 53.6. The van der Waals surface area contributed by atoms with Crippen LogP contribution in [0.5, 0.6) is 0 Å². The van der Waals surface area contributed by atoms with Crippen LogP contribution < -0.4 is 0 Å². The van der Waals surface area contributed by atoms with Crippen molar-refractivity contribution in [1.82, 2.24) is 0 Å². The third-order valence-electron chi connectivity index (χ3n) is 11.4. The third-order valence-corrected chi connectivity index (χ3v) is 11.4. The lowest BCUT2D eigenvalue weighted by atomic mass is 10.0. The number of aliphatic hydroxyl groups is 1. The van der Waals surface area contributed by atoms with Crippen LogP contribution in [0.2, 0.25) is 0 Å². The standard InChI is InChI=1S/C59H102O4/c1-3-5-7-9-11-13-15-17-19-21-23-25-27-29-31-33-35-37-39-41-43-45-47-49-51-53-55-62-57-58(56-60)63-59(61)54-52-50-48-46-44-42-40-38-36-34-32-30-28-26-24-22-20-18-16-14-12-10-8-6-4-2/h5,7,11,13,17,19,22-25,29,31,35,37,41,43,58,60H,3-4,6,8-10,12,14-16,18,20-21,26-28,30,32-34,36,38-40,42,44-57H2,1-2H3/b7-5-,13-11-,19-17-,24-22-,25-23-,31-29-,37-35-,43-41-. The van der Waals surface area contributed by atoms with Gasteiger partial charge in [-0.05, 0) is 96.3 Å². The van der Waals surface area contributed by atoms with Crippen LogP contribution in [0.25, 0.3) is 0 Å². The van der Waals surface area contributed by atoms with E-state index in [1.165, 1.54) is 148 Å². The summed E-state index contributed by atoms with van der Waals surface area (Å²) in [6.45, 7) is 5.18. The lowest BCUT2D eigenvalue weighted by Gasteiger charge is -2.15. The highest BCUT2D eigenvalue weighted by Gasteiger charge is 2.13. The predicted octanol–water partition coefficient (Wildman–Crippen LogP) is 18.4. The van der Waals surface area contributed by atoms with Crippen molar-refractivity contribution in [3.05, 3.63) is 97.2 Å². The van der Waals surface area contributed by atoms with Gasteiger partial charge in [0.05, 0.1) is 13.2 Å². The topological polar surface area (TPSA) is 55.8 Å². The summed E-state index contributed by atoms with van der Waals surface area (Å²) in [7, 11) is 0. The highest BCUT2D eigenvalue weighted by atomic mass is 16.6. The molecule has 63 heavy (non-hydrogen) atoms. The molecule has 0 aliphatic carbocycles. The molecule has 0 spiro atoms. The maximum Gasteiger partial charge on any atom is 0.306 e. The molecule has 0 rings (SSSR count). The summed E-state index contributed by atoms with van der Waals surface area (Å²) in [5.74, 6) is -0.211. The zero-order chi connectivity index (χ0) is 45.5. The summed E-state index contributed by atoms with van der Waals surface area (Å²) >= 11 is 0. The zero-order valence-corrected chi connectivity index (χ0v) is 41.6. The van der Waals surface area contributed by atoms with Crippen LogP contribution in [0, 0.1) is 0 Å². The van der Waals surface area contributed by atoms with Gasteiger partial charge in [-0.25, -0.2) is 0 Å². The number of hydrogen-bond acceptors (Lipinski definition) is 4. The average Bonchev–Trinajstić information content (AvgIpc) is 3.29. The zero-order valence-electron chi connectivity index (χ0n) is 41.6.